The van der Waals surface area contributed by atoms with Crippen LogP contribution in [-0.4, -0.2) is 22.9 Å². The van der Waals surface area contributed by atoms with E-state index in [1.165, 1.54) is 7.11 Å². The Morgan fingerprint density at radius 3 is 2.45 bits per heavy atom. The van der Waals surface area contributed by atoms with Gasteiger partial charge in [-0.15, -0.1) is 0 Å². The third-order valence-electron chi connectivity index (χ3n) is 2.75. The smallest absolute Gasteiger partial charge is 0.179 e. The molecule has 20 heavy (non-hydrogen) atoms. The molecule has 1 atom stereocenters. The Balaban J connectivity index is 2.15. The molecule has 2 aromatic rings. The first-order valence-electron chi connectivity index (χ1n) is 5.92. The predicted molar refractivity (Wildman–Crippen MR) is 80.1 cm³/mol. The fourth-order valence-electron chi connectivity index (χ4n) is 1.74. The van der Waals surface area contributed by atoms with Crippen molar-refractivity contribution in [3.63, 3.8) is 0 Å². The van der Waals surface area contributed by atoms with Gasteiger partial charge in [-0.1, -0.05) is 23.7 Å². The predicted octanol–water partition coefficient (Wildman–Crippen LogP) is 3.34. The monoisotopic (exact) mass is 308 g/mol. The molecule has 3 nitrogen and oxygen atoms in total. The van der Waals surface area contributed by atoms with E-state index in [1.54, 1.807) is 48.5 Å². The number of hydrogen-bond acceptors (Lipinski definition) is 3. The number of Topliss-reactive ketones (excluding diaryl/α,β-unsaturated/α-hetero) is 1. The number of hydrogen-bond donors (Lipinski definition) is 0. The standard InChI is InChI=1S/C15H13ClO3S/c1-19-15-5-3-2-4-13(15)14(17)10-20(18)12-8-6-11(16)7-9-12/h2-9H,10H2,1H3. The van der Waals surface area contributed by atoms with Gasteiger partial charge in [-0.05, 0) is 36.4 Å². The second-order valence-corrected chi connectivity index (χ2v) is 5.95. The summed E-state index contributed by atoms with van der Waals surface area (Å²) >= 11 is 5.78. The van der Waals surface area contributed by atoms with Crippen LogP contribution in [-0.2, 0) is 10.8 Å². The van der Waals surface area contributed by atoms with Gasteiger partial charge in [0.2, 0.25) is 0 Å². The lowest BCUT2D eigenvalue weighted by Crippen LogP contribution is -2.12. The van der Waals surface area contributed by atoms with Gasteiger partial charge >= 0.3 is 0 Å². The van der Waals surface area contributed by atoms with Crippen LogP contribution in [0, 0.1) is 0 Å². The van der Waals surface area contributed by atoms with E-state index < -0.39 is 10.8 Å². The number of ketones is 1. The third kappa shape index (κ3) is 3.46. The Kier molecular flexibility index (Phi) is 4.93. The van der Waals surface area contributed by atoms with Gasteiger partial charge in [-0.3, -0.25) is 9.00 Å². The van der Waals surface area contributed by atoms with Gasteiger partial charge in [-0.25, -0.2) is 0 Å². The van der Waals surface area contributed by atoms with Crippen LogP contribution < -0.4 is 4.74 Å². The molecule has 0 bridgehead atoms. The summed E-state index contributed by atoms with van der Waals surface area (Å²) < 4.78 is 17.3. The van der Waals surface area contributed by atoms with E-state index in [-0.39, 0.29) is 11.5 Å². The fourth-order valence-corrected chi connectivity index (χ4v) is 2.87. The Morgan fingerprint density at radius 1 is 1.15 bits per heavy atom. The number of halogens is 1. The number of benzene rings is 2. The van der Waals surface area contributed by atoms with Gasteiger partial charge in [0.25, 0.3) is 0 Å². The number of ether oxygens (including phenoxy) is 1. The van der Waals surface area contributed by atoms with Crippen molar-refractivity contribution in [2.45, 2.75) is 4.90 Å². The van der Waals surface area contributed by atoms with Crippen molar-refractivity contribution >= 4 is 28.2 Å². The molecule has 0 spiro atoms. The quantitative estimate of drug-likeness (QED) is 0.796. The highest BCUT2D eigenvalue weighted by Crippen LogP contribution is 2.19. The number of carbonyl (C=O) groups excluding carboxylic acids is 1. The first-order valence-corrected chi connectivity index (χ1v) is 7.61. The van der Waals surface area contributed by atoms with Crippen LogP contribution in [0.1, 0.15) is 10.4 Å². The second-order valence-electron chi connectivity index (χ2n) is 4.07. The summed E-state index contributed by atoms with van der Waals surface area (Å²) in [6.07, 6.45) is 0. The topological polar surface area (TPSA) is 43.4 Å². The SMILES string of the molecule is COc1ccccc1C(=O)CS(=O)c1ccc(Cl)cc1. The molecule has 1 unspecified atom stereocenters. The largest absolute Gasteiger partial charge is 0.496 e. The molecule has 2 aromatic carbocycles. The molecule has 0 aliphatic rings. The van der Waals surface area contributed by atoms with Crippen LogP contribution >= 0.6 is 11.6 Å². The number of methoxy groups -OCH3 is 1. The van der Waals surface area contributed by atoms with E-state index in [1.807, 2.05) is 0 Å². The summed E-state index contributed by atoms with van der Waals surface area (Å²) in [5, 5.41) is 0.571. The summed E-state index contributed by atoms with van der Waals surface area (Å²) in [5.41, 5.74) is 0.442. The van der Waals surface area contributed by atoms with Crippen LogP contribution in [0.2, 0.25) is 5.02 Å². The molecule has 0 N–H and O–H groups in total. The van der Waals surface area contributed by atoms with E-state index in [0.717, 1.165) is 0 Å². The third-order valence-corrected chi connectivity index (χ3v) is 4.32. The van der Waals surface area contributed by atoms with Crippen molar-refractivity contribution in [1.29, 1.82) is 0 Å². The molecule has 5 heteroatoms. The molecule has 0 fully saturated rings. The molecule has 0 saturated carbocycles. The van der Waals surface area contributed by atoms with E-state index in [9.17, 15) is 9.00 Å². The lowest BCUT2D eigenvalue weighted by atomic mass is 10.1. The molecule has 0 aromatic heterocycles. The summed E-state index contributed by atoms with van der Waals surface area (Å²) in [5.74, 6) is 0.198. The first-order chi connectivity index (χ1) is 9.61. The van der Waals surface area contributed by atoms with E-state index in [4.69, 9.17) is 16.3 Å². The summed E-state index contributed by atoms with van der Waals surface area (Å²) in [6.45, 7) is 0. The number of para-hydroxylation sites is 1. The highest BCUT2D eigenvalue weighted by atomic mass is 35.5. The lowest BCUT2D eigenvalue weighted by Gasteiger charge is -2.07. The van der Waals surface area contributed by atoms with Gasteiger partial charge in [0.15, 0.2) is 5.78 Å². The summed E-state index contributed by atoms with van der Waals surface area (Å²) in [6, 6.07) is 13.5. The Morgan fingerprint density at radius 2 is 1.80 bits per heavy atom. The first kappa shape index (κ1) is 14.8. The maximum absolute atomic E-state index is 12.2. The van der Waals surface area contributed by atoms with Gasteiger partial charge in [0, 0.05) is 9.92 Å². The number of rotatable bonds is 5. The summed E-state index contributed by atoms with van der Waals surface area (Å²) in [4.78, 5) is 12.8. The maximum atomic E-state index is 12.2. The normalized spacial score (nSPS) is 11.9. The van der Waals surface area contributed by atoms with Crippen LogP contribution in [0.4, 0.5) is 0 Å². The Labute approximate surface area is 125 Å². The van der Waals surface area contributed by atoms with Crippen molar-refractivity contribution in [3.05, 3.63) is 59.1 Å². The minimum Gasteiger partial charge on any atom is -0.496 e. The molecule has 2 rings (SSSR count). The van der Waals surface area contributed by atoms with Crippen LogP contribution in [0.15, 0.2) is 53.4 Å². The minimum atomic E-state index is -1.40. The molecule has 0 heterocycles. The number of carbonyl (C=O) groups is 1. The van der Waals surface area contributed by atoms with Crippen LogP contribution in [0.3, 0.4) is 0 Å². The van der Waals surface area contributed by atoms with Gasteiger partial charge in [0.05, 0.1) is 29.2 Å². The molecule has 0 aliphatic carbocycles. The lowest BCUT2D eigenvalue weighted by molar-refractivity contribution is 0.101. The van der Waals surface area contributed by atoms with Crippen molar-refractivity contribution in [2.75, 3.05) is 12.9 Å². The van der Waals surface area contributed by atoms with Crippen LogP contribution in [0.5, 0.6) is 5.75 Å². The van der Waals surface area contributed by atoms with Gasteiger partial charge in [-0.2, -0.15) is 0 Å². The molecular formula is C15H13ClO3S. The van der Waals surface area contributed by atoms with E-state index in [2.05, 4.69) is 0 Å². The Bertz CT molecular complexity index is 638. The highest BCUT2D eigenvalue weighted by Gasteiger charge is 2.15. The zero-order chi connectivity index (χ0) is 14.5. The zero-order valence-corrected chi connectivity index (χ0v) is 12.4. The fraction of sp³-hybridized carbons (Fsp3) is 0.133. The van der Waals surface area contributed by atoms with Crippen molar-refractivity contribution < 1.29 is 13.7 Å². The average Bonchev–Trinajstić information content (AvgIpc) is 2.47. The van der Waals surface area contributed by atoms with Crippen molar-refractivity contribution in [2.24, 2.45) is 0 Å². The Hall–Kier alpha value is -1.65. The molecule has 0 radical (unpaired) electrons. The molecule has 0 amide bonds. The zero-order valence-electron chi connectivity index (χ0n) is 10.8. The highest BCUT2D eigenvalue weighted by molar-refractivity contribution is 7.85. The van der Waals surface area contributed by atoms with Crippen molar-refractivity contribution in [3.8, 4) is 5.75 Å². The van der Waals surface area contributed by atoms with E-state index in [0.29, 0.717) is 21.2 Å². The van der Waals surface area contributed by atoms with Gasteiger partial charge < -0.3 is 4.74 Å². The summed E-state index contributed by atoms with van der Waals surface area (Å²) in [7, 11) is 0.106. The van der Waals surface area contributed by atoms with E-state index >= 15 is 0 Å². The average molecular weight is 309 g/mol. The second kappa shape index (κ2) is 6.68. The maximum Gasteiger partial charge on any atom is 0.179 e. The minimum absolute atomic E-state index is 0.0813. The molecule has 0 saturated heterocycles. The van der Waals surface area contributed by atoms with Gasteiger partial charge in [0.1, 0.15) is 5.75 Å². The molecule has 0 aliphatic heterocycles. The molecule has 104 valence electrons. The van der Waals surface area contributed by atoms with Crippen molar-refractivity contribution in [1.82, 2.24) is 0 Å². The molecular weight excluding hydrogens is 296 g/mol. The van der Waals surface area contributed by atoms with Crippen LogP contribution in [0.25, 0.3) is 0 Å².